The number of rotatable bonds is 2. The van der Waals surface area contributed by atoms with E-state index in [4.69, 9.17) is 0 Å². The zero-order valence-corrected chi connectivity index (χ0v) is 16.1. The summed E-state index contributed by atoms with van der Waals surface area (Å²) in [5.41, 5.74) is 4.31. The molecule has 1 amide bonds. The van der Waals surface area contributed by atoms with Gasteiger partial charge in [0.15, 0.2) is 0 Å². The molecule has 3 aromatic rings. The summed E-state index contributed by atoms with van der Waals surface area (Å²) in [4.78, 5) is 19.3. The number of hydrogen-bond donors (Lipinski definition) is 0. The standard InChI is InChI=1S/C19H17IN4O/c1-12-9-14(7-8-21-12)17-10-22-24-13(2)11-23(19(25)18(17)24)16-5-3-15(20)4-6-16/h3-10,13H,11H2,1-2H3/t13-/m0/s1. The number of hydrogen-bond acceptors (Lipinski definition) is 3. The maximum atomic E-state index is 13.2. The molecule has 3 heterocycles. The van der Waals surface area contributed by atoms with Gasteiger partial charge in [0, 0.05) is 33.3 Å². The summed E-state index contributed by atoms with van der Waals surface area (Å²) in [6.07, 6.45) is 3.55. The molecule has 0 unspecified atom stereocenters. The van der Waals surface area contributed by atoms with Crippen LogP contribution in [-0.4, -0.2) is 27.2 Å². The highest BCUT2D eigenvalue weighted by Crippen LogP contribution is 2.32. The van der Waals surface area contributed by atoms with Crippen molar-refractivity contribution in [3.63, 3.8) is 0 Å². The summed E-state index contributed by atoms with van der Waals surface area (Å²) in [7, 11) is 0. The number of pyridine rings is 1. The summed E-state index contributed by atoms with van der Waals surface area (Å²) in [5.74, 6) is -0.0127. The average Bonchev–Trinajstić information content (AvgIpc) is 3.05. The highest BCUT2D eigenvalue weighted by Gasteiger charge is 2.33. The topological polar surface area (TPSA) is 51.0 Å². The highest BCUT2D eigenvalue weighted by atomic mass is 127. The predicted molar refractivity (Wildman–Crippen MR) is 106 cm³/mol. The van der Waals surface area contributed by atoms with Gasteiger partial charge >= 0.3 is 0 Å². The van der Waals surface area contributed by atoms with Crippen LogP contribution in [0.25, 0.3) is 11.1 Å². The van der Waals surface area contributed by atoms with E-state index in [1.54, 1.807) is 12.4 Å². The van der Waals surface area contributed by atoms with Crippen molar-refractivity contribution in [1.82, 2.24) is 14.8 Å². The maximum Gasteiger partial charge on any atom is 0.277 e. The van der Waals surface area contributed by atoms with Crippen LogP contribution < -0.4 is 4.90 Å². The molecule has 0 spiro atoms. The van der Waals surface area contributed by atoms with Gasteiger partial charge in [-0.05, 0) is 78.4 Å². The van der Waals surface area contributed by atoms with E-state index in [2.05, 4.69) is 39.6 Å². The van der Waals surface area contributed by atoms with E-state index in [0.717, 1.165) is 26.1 Å². The molecule has 1 aromatic carbocycles. The molecule has 0 saturated carbocycles. The quantitative estimate of drug-likeness (QED) is 0.560. The van der Waals surface area contributed by atoms with Crippen LogP contribution in [0.2, 0.25) is 0 Å². The van der Waals surface area contributed by atoms with Gasteiger partial charge in [-0.15, -0.1) is 0 Å². The zero-order chi connectivity index (χ0) is 17.6. The van der Waals surface area contributed by atoms with Crippen LogP contribution in [0.5, 0.6) is 0 Å². The molecule has 0 saturated heterocycles. The van der Waals surface area contributed by atoms with Crippen molar-refractivity contribution in [2.45, 2.75) is 19.9 Å². The smallest absolute Gasteiger partial charge is 0.277 e. The molecule has 1 aliphatic rings. The van der Waals surface area contributed by atoms with Crippen LogP contribution >= 0.6 is 22.6 Å². The van der Waals surface area contributed by atoms with Crippen molar-refractivity contribution in [2.75, 3.05) is 11.4 Å². The fourth-order valence-corrected chi connectivity index (χ4v) is 3.59. The summed E-state index contributed by atoms with van der Waals surface area (Å²) in [5, 5.41) is 4.48. The van der Waals surface area contributed by atoms with Gasteiger partial charge in [0.2, 0.25) is 0 Å². The molecule has 126 valence electrons. The monoisotopic (exact) mass is 444 g/mol. The van der Waals surface area contributed by atoms with Crippen LogP contribution in [0.1, 0.15) is 29.1 Å². The lowest BCUT2D eigenvalue weighted by molar-refractivity contribution is 0.0954. The molecular formula is C19H17IN4O. The SMILES string of the molecule is Cc1cc(-c2cnn3c2C(=O)N(c2ccc(I)cc2)C[C@@H]3C)ccn1. The van der Waals surface area contributed by atoms with E-state index in [1.165, 1.54) is 0 Å². The summed E-state index contributed by atoms with van der Waals surface area (Å²) in [6, 6.07) is 12.1. The van der Waals surface area contributed by atoms with Gasteiger partial charge < -0.3 is 4.90 Å². The molecule has 4 rings (SSSR count). The number of carbonyl (C=O) groups excluding carboxylic acids is 1. The van der Waals surface area contributed by atoms with E-state index in [9.17, 15) is 4.79 Å². The fraction of sp³-hybridized carbons (Fsp3) is 0.211. The maximum absolute atomic E-state index is 13.2. The molecule has 1 aliphatic heterocycles. The molecule has 0 aliphatic carbocycles. The minimum absolute atomic E-state index is 0.0127. The van der Waals surface area contributed by atoms with Gasteiger partial charge in [-0.2, -0.15) is 5.10 Å². The van der Waals surface area contributed by atoms with Crippen molar-refractivity contribution < 1.29 is 4.79 Å². The third-order valence-corrected chi connectivity index (χ3v) is 5.17. The second-order valence-electron chi connectivity index (χ2n) is 6.28. The third-order valence-electron chi connectivity index (χ3n) is 4.45. The van der Waals surface area contributed by atoms with E-state index >= 15 is 0 Å². The molecule has 0 bridgehead atoms. The Kier molecular flexibility index (Phi) is 4.07. The Labute approximate surface area is 159 Å². The Hall–Kier alpha value is -2.22. The molecule has 0 fully saturated rings. The molecule has 5 nitrogen and oxygen atoms in total. The van der Waals surface area contributed by atoms with Crippen molar-refractivity contribution in [1.29, 1.82) is 0 Å². The summed E-state index contributed by atoms with van der Waals surface area (Å²) >= 11 is 2.27. The number of aryl methyl sites for hydroxylation is 1. The van der Waals surface area contributed by atoms with E-state index in [1.807, 2.05) is 52.9 Å². The number of benzene rings is 1. The zero-order valence-electron chi connectivity index (χ0n) is 14.0. The number of fused-ring (bicyclic) bond motifs is 1. The lowest BCUT2D eigenvalue weighted by Gasteiger charge is -2.32. The number of amides is 1. The van der Waals surface area contributed by atoms with Gasteiger partial charge in [0.25, 0.3) is 5.91 Å². The average molecular weight is 444 g/mol. The Morgan fingerprint density at radius 2 is 1.96 bits per heavy atom. The van der Waals surface area contributed by atoms with Gasteiger partial charge in [-0.1, -0.05) is 0 Å². The second kappa shape index (κ2) is 6.25. The second-order valence-corrected chi connectivity index (χ2v) is 7.52. The highest BCUT2D eigenvalue weighted by molar-refractivity contribution is 14.1. The molecule has 0 N–H and O–H groups in total. The summed E-state index contributed by atoms with van der Waals surface area (Å²) < 4.78 is 2.99. The van der Waals surface area contributed by atoms with Crippen LogP contribution in [0, 0.1) is 10.5 Å². The number of halogens is 1. The molecule has 1 atom stereocenters. The number of carbonyl (C=O) groups is 1. The minimum Gasteiger partial charge on any atom is -0.305 e. The minimum atomic E-state index is -0.0127. The van der Waals surface area contributed by atoms with Gasteiger partial charge in [-0.25, -0.2) is 0 Å². The fourth-order valence-electron chi connectivity index (χ4n) is 3.23. The van der Waals surface area contributed by atoms with Crippen molar-refractivity contribution in [3.05, 3.63) is 63.7 Å². The van der Waals surface area contributed by atoms with Crippen molar-refractivity contribution in [3.8, 4) is 11.1 Å². The van der Waals surface area contributed by atoms with E-state index in [-0.39, 0.29) is 11.9 Å². The Balaban J connectivity index is 1.81. The van der Waals surface area contributed by atoms with E-state index in [0.29, 0.717) is 12.2 Å². The van der Waals surface area contributed by atoms with Gasteiger partial charge in [0.1, 0.15) is 5.69 Å². The van der Waals surface area contributed by atoms with Crippen LogP contribution in [0.15, 0.2) is 48.8 Å². The van der Waals surface area contributed by atoms with E-state index < -0.39 is 0 Å². The van der Waals surface area contributed by atoms with Gasteiger partial charge in [0.05, 0.1) is 12.2 Å². The third kappa shape index (κ3) is 2.84. The number of anilines is 1. The summed E-state index contributed by atoms with van der Waals surface area (Å²) in [6.45, 7) is 4.65. The first-order chi connectivity index (χ1) is 12.0. The first-order valence-corrected chi connectivity index (χ1v) is 9.20. The predicted octanol–water partition coefficient (Wildman–Crippen LogP) is 4.08. The molecule has 0 radical (unpaired) electrons. The first kappa shape index (κ1) is 16.3. The number of aromatic nitrogens is 3. The van der Waals surface area contributed by atoms with Crippen LogP contribution in [0.4, 0.5) is 5.69 Å². The number of nitrogens with zero attached hydrogens (tertiary/aromatic N) is 4. The molecule has 25 heavy (non-hydrogen) atoms. The molecule has 2 aromatic heterocycles. The Morgan fingerprint density at radius 1 is 1.20 bits per heavy atom. The van der Waals surface area contributed by atoms with Gasteiger partial charge in [-0.3, -0.25) is 14.5 Å². The van der Waals surface area contributed by atoms with Crippen molar-refractivity contribution >= 4 is 34.2 Å². The van der Waals surface area contributed by atoms with Crippen molar-refractivity contribution in [2.24, 2.45) is 0 Å². The molecule has 6 heteroatoms. The largest absolute Gasteiger partial charge is 0.305 e. The van der Waals surface area contributed by atoms with Crippen LogP contribution in [-0.2, 0) is 0 Å². The Bertz CT molecular complexity index is 948. The lowest BCUT2D eigenvalue weighted by atomic mass is 10.0. The lowest BCUT2D eigenvalue weighted by Crippen LogP contribution is -2.42. The normalized spacial score (nSPS) is 16.8. The first-order valence-electron chi connectivity index (χ1n) is 8.12. The van der Waals surface area contributed by atoms with Crippen LogP contribution in [0.3, 0.4) is 0 Å². The Morgan fingerprint density at radius 3 is 2.68 bits per heavy atom. The molecular weight excluding hydrogens is 427 g/mol.